The summed E-state index contributed by atoms with van der Waals surface area (Å²) < 4.78 is 31.1. The number of hydrogen-bond acceptors (Lipinski definition) is 7. The number of rotatable bonds is 8. The largest absolute Gasteiger partial charge is 0.446 e. The SMILES string of the molecule is CC(C)[Si](OCc1nonc1-c1noc(=O)n1-c1ccc(F)c(Cl)c1)(C(C)C)C(C)C. The van der Waals surface area contributed by atoms with Crippen LogP contribution in [-0.4, -0.2) is 28.4 Å². The molecule has 168 valence electrons. The van der Waals surface area contributed by atoms with Crippen molar-refractivity contribution < 1.29 is 18.0 Å². The monoisotopic (exact) mass is 468 g/mol. The summed E-state index contributed by atoms with van der Waals surface area (Å²) in [6.07, 6.45) is 0. The van der Waals surface area contributed by atoms with E-state index < -0.39 is 19.9 Å². The van der Waals surface area contributed by atoms with E-state index in [0.717, 1.165) is 10.6 Å². The summed E-state index contributed by atoms with van der Waals surface area (Å²) in [7, 11) is -2.17. The van der Waals surface area contributed by atoms with E-state index in [9.17, 15) is 9.18 Å². The summed E-state index contributed by atoms with van der Waals surface area (Å²) in [6, 6.07) is 3.85. The molecule has 2 heterocycles. The summed E-state index contributed by atoms with van der Waals surface area (Å²) in [4.78, 5) is 12.3. The van der Waals surface area contributed by atoms with Crippen LogP contribution in [0.2, 0.25) is 21.6 Å². The number of hydrogen-bond donors (Lipinski definition) is 0. The van der Waals surface area contributed by atoms with E-state index in [2.05, 4.69) is 57.0 Å². The molecule has 3 rings (SSSR count). The van der Waals surface area contributed by atoms with Crippen molar-refractivity contribution in [1.82, 2.24) is 20.0 Å². The molecule has 0 amide bonds. The van der Waals surface area contributed by atoms with Gasteiger partial charge in [0.15, 0.2) is 5.69 Å². The van der Waals surface area contributed by atoms with Crippen molar-refractivity contribution in [2.24, 2.45) is 0 Å². The molecule has 0 aliphatic rings. The Morgan fingerprint density at radius 2 is 1.74 bits per heavy atom. The molecule has 1 aromatic carbocycles. The zero-order valence-corrected chi connectivity index (χ0v) is 20.1. The molecule has 0 radical (unpaired) electrons. The van der Waals surface area contributed by atoms with E-state index in [0.29, 0.717) is 22.3 Å². The highest BCUT2D eigenvalue weighted by Gasteiger charge is 2.45. The molecular formula is C20H26ClFN4O4Si. The second kappa shape index (κ2) is 9.05. The van der Waals surface area contributed by atoms with Gasteiger partial charge in [0.2, 0.25) is 14.1 Å². The summed E-state index contributed by atoms with van der Waals surface area (Å²) in [5.74, 6) is -1.31. The third kappa shape index (κ3) is 4.24. The first-order chi connectivity index (χ1) is 14.6. The first-order valence-corrected chi connectivity index (χ1v) is 12.6. The fraction of sp³-hybridized carbons (Fsp3) is 0.500. The Morgan fingerprint density at radius 3 is 2.32 bits per heavy atom. The Bertz CT molecular complexity index is 1090. The lowest BCUT2D eigenvalue weighted by Gasteiger charge is -2.41. The highest BCUT2D eigenvalue weighted by atomic mass is 35.5. The average molecular weight is 469 g/mol. The lowest BCUT2D eigenvalue weighted by Crippen LogP contribution is -2.47. The lowest BCUT2D eigenvalue weighted by molar-refractivity contribution is 0.246. The van der Waals surface area contributed by atoms with Crippen molar-refractivity contribution in [2.45, 2.75) is 64.8 Å². The second-order valence-corrected chi connectivity index (χ2v) is 14.2. The molecule has 0 aliphatic heterocycles. The van der Waals surface area contributed by atoms with Crippen LogP contribution in [0.1, 0.15) is 47.2 Å². The molecule has 0 aliphatic carbocycles. The molecule has 0 saturated heterocycles. The first-order valence-electron chi connectivity index (χ1n) is 10.1. The smallest absolute Gasteiger partial charge is 0.410 e. The van der Waals surface area contributed by atoms with Crippen LogP contribution in [0, 0.1) is 5.82 Å². The zero-order chi connectivity index (χ0) is 22.9. The summed E-state index contributed by atoms with van der Waals surface area (Å²) in [5, 5.41) is 11.6. The highest BCUT2D eigenvalue weighted by Crippen LogP contribution is 2.43. The average Bonchev–Trinajstić information content (AvgIpc) is 3.30. The molecule has 31 heavy (non-hydrogen) atoms. The second-order valence-electron chi connectivity index (χ2n) is 8.37. The zero-order valence-electron chi connectivity index (χ0n) is 18.3. The molecule has 0 saturated carbocycles. The fourth-order valence-electron chi connectivity index (χ4n) is 4.42. The molecule has 0 bridgehead atoms. The topological polar surface area (TPSA) is 96.2 Å². The predicted molar refractivity (Wildman–Crippen MR) is 116 cm³/mol. The third-order valence-corrected chi connectivity index (χ3v) is 12.0. The Morgan fingerprint density at radius 1 is 1.10 bits per heavy atom. The van der Waals surface area contributed by atoms with Gasteiger partial charge >= 0.3 is 5.76 Å². The minimum Gasteiger partial charge on any atom is -0.410 e. The van der Waals surface area contributed by atoms with E-state index in [-0.39, 0.29) is 28.8 Å². The van der Waals surface area contributed by atoms with Gasteiger partial charge in [0.1, 0.15) is 11.5 Å². The van der Waals surface area contributed by atoms with Crippen LogP contribution >= 0.6 is 11.6 Å². The van der Waals surface area contributed by atoms with Gasteiger partial charge in [-0.25, -0.2) is 18.4 Å². The van der Waals surface area contributed by atoms with E-state index >= 15 is 0 Å². The van der Waals surface area contributed by atoms with Crippen LogP contribution in [0.15, 0.2) is 32.1 Å². The van der Waals surface area contributed by atoms with Crippen molar-refractivity contribution in [1.29, 1.82) is 0 Å². The van der Waals surface area contributed by atoms with Crippen LogP contribution in [0.5, 0.6) is 0 Å². The molecule has 0 atom stereocenters. The van der Waals surface area contributed by atoms with Gasteiger partial charge in [-0.05, 0) is 40.0 Å². The molecule has 3 aromatic rings. The Hall–Kier alpha value is -2.30. The van der Waals surface area contributed by atoms with Crippen LogP contribution in [0.25, 0.3) is 17.2 Å². The molecule has 0 fully saturated rings. The van der Waals surface area contributed by atoms with Crippen LogP contribution in [-0.2, 0) is 11.0 Å². The summed E-state index contributed by atoms with van der Waals surface area (Å²) >= 11 is 5.88. The first kappa shape index (κ1) is 23.4. The maximum Gasteiger partial charge on any atom is 0.446 e. The van der Waals surface area contributed by atoms with Crippen LogP contribution in [0.4, 0.5) is 4.39 Å². The summed E-state index contributed by atoms with van der Waals surface area (Å²) in [6.45, 7) is 13.3. The van der Waals surface area contributed by atoms with E-state index in [1.54, 1.807) is 0 Å². The molecule has 0 unspecified atom stereocenters. The molecule has 8 nitrogen and oxygen atoms in total. The molecule has 2 aromatic heterocycles. The van der Waals surface area contributed by atoms with Crippen LogP contribution < -0.4 is 5.76 Å². The Kier molecular flexibility index (Phi) is 6.82. The Labute approximate surface area is 185 Å². The van der Waals surface area contributed by atoms with Gasteiger partial charge in [-0.15, -0.1) is 0 Å². The normalized spacial score (nSPS) is 12.5. The predicted octanol–water partition coefficient (Wildman–Crippen LogP) is 5.36. The lowest BCUT2D eigenvalue weighted by atomic mass is 10.2. The van der Waals surface area contributed by atoms with Gasteiger partial charge in [-0.2, -0.15) is 0 Å². The minimum absolute atomic E-state index is 0.0680. The fourth-order valence-corrected chi connectivity index (χ4v) is 9.98. The number of nitrogens with zero attached hydrogens (tertiary/aromatic N) is 4. The van der Waals surface area contributed by atoms with Crippen molar-refractivity contribution in [3.8, 4) is 17.2 Å². The Balaban J connectivity index is 2.00. The maximum absolute atomic E-state index is 13.6. The quantitative estimate of drug-likeness (QED) is 0.410. The van der Waals surface area contributed by atoms with Gasteiger partial charge in [-0.1, -0.05) is 63.5 Å². The van der Waals surface area contributed by atoms with Gasteiger partial charge < -0.3 is 4.43 Å². The number of halogens is 2. The molecule has 0 spiro atoms. The standard InChI is InChI=1S/C20H26ClFN4O4Si/c1-11(2)31(12(3)4,13(5)6)28-10-17-18(24-30-23-17)19-25-29-20(27)26(19)14-7-8-16(22)15(21)9-14/h7-9,11-13H,10H2,1-6H3. The van der Waals surface area contributed by atoms with E-state index in [1.807, 2.05) is 0 Å². The van der Waals surface area contributed by atoms with Crippen molar-refractivity contribution in [3.05, 3.63) is 45.3 Å². The van der Waals surface area contributed by atoms with Crippen molar-refractivity contribution >= 4 is 19.9 Å². The number of benzene rings is 1. The van der Waals surface area contributed by atoms with Crippen molar-refractivity contribution in [3.63, 3.8) is 0 Å². The number of aromatic nitrogens is 4. The van der Waals surface area contributed by atoms with E-state index in [4.69, 9.17) is 25.2 Å². The third-order valence-electron chi connectivity index (χ3n) is 5.70. The van der Waals surface area contributed by atoms with Gasteiger partial charge in [-0.3, -0.25) is 4.52 Å². The highest BCUT2D eigenvalue weighted by molar-refractivity contribution is 6.77. The van der Waals surface area contributed by atoms with Crippen molar-refractivity contribution in [2.75, 3.05) is 0 Å². The van der Waals surface area contributed by atoms with E-state index in [1.165, 1.54) is 12.1 Å². The maximum atomic E-state index is 13.6. The molecular weight excluding hydrogens is 443 g/mol. The molecule has 0 N–H and O–H groups in total. The molecule has 11 heteroatoms. The van der Waals surface area contributed by atoms with Crippen LogP contribution in [0.3, 0.4) is 0 Å². The minimum atomic E-state index is -2.17. The summed E-state index contributed by atoms with van der Waals surface area (Å²) in [5.41, 5.74) is 2.02. The van der Waals surface area contributed by atoms with Gasteiger partial charge in [0, 0.05) is 0 Å². The van der Waals surface area contributed by atoms with Gasteiger partial charge in [0.05, 0.1) is 17.3 Å². The van der Waals surface area contributed by atoms with Gasteiger partial charge in [0.25, 0.3) is 0 Å².